The molecule has 144 valence electrons. The second-order valence-corrected chi connectivity index (χ2v) is 7.51. The van der Waals surface area contributed by atoms with E-state index in [1.54, 1.807) is 5.38 Å². The molecule has 28 heavy (non-hydrogen) atoms. The summed E-state index contributed by atoms with van der Waals surface area (Å²) >= 11 is 1.44. The molecule has 5 nitrogen and oxygen atoms in total. The Morgan fingerprint density at radius 2 is 2.00 bits per heavy atom. The average Bonchev–Trinajstić information content (AvgIpc) is 3.44. The van der Waals surface area contributed by atoms with Crippen molar-refractivity contribution < 1.29 is 14.3 Å². The van der Waals surface area contributed by atoms with Gasteiger partial charge >= 0.3 is 0 Å². The molecule has 1 unspecified atom stereocenters. The Kier molecular flexibility index (Phi) is 5.99. The van der Waals surface area contributed by atoms with Gasteiger partial charge in [0.1, 0.15) is 23.1 Å². The molecule has 1 aliphatic heterocycles. The van der Waals surface area contributed by atoms with Crippen molar-refractivity contribution in [3.8, 4) is 16.3 Å². The summed E-state index contributed by atoms with van der Waals surface area (Å²) in [5.74, 6) is 0.590. The van der Waals surface area contributed by atoms with Gasteiger partial charge in [0, 0.05) is 18.5 Å². The summed E-state index contributed by atoms with van der Waals surface area (Å²) < 4.78 is 11.6. The van der Waals surface area contributed by atoms with Gasteiger partial charge in [-0.05, 0) is 30.5 Å². The Balaban J connectivity index is 1.43. The Labute approximate surface area is 168 Å². The van der Waals surface area contributed by atoms with Crippen molar-refractivity contribution in [1.82, 2.24) is 10.3 Å². The van der Waals surface area contributed by atoms with Crippen LogP contribution in [0.15, 0.2) is 60.0 Å². The highest BCUT2D eigenvalue weighted by Gasteiger charge is 2.19. The lowest BCUT2D eigenvalue weighted by molar-refractivity contribution is 0.0854. The second-order valence-electron chi connectivity index (χ2n) is 6.65. The molecule has 1 aromatic heterocycles. The normalized spacial score (nSPS) is 16.1. The second kappa shape index (κ2) is 8.99. The molecule has 4 rings (SSSR count). The van der Waals surface area contributed by atoms with Gasteiger partial charge in [0.15, 0.2) is 0 Å². The first-order valence-electron chi connectivity index (χ1n) is 9.41. The molecule has 2 heterocycles. The van der Waals surface area contributed by atoms with Crippen LogP contribution in [-0.4, -0.2) is 30.1 Å². The summed E-state index contributed by atoms with van der Waals surface area (Å²) in [7, 11) is 0. The molecule has 0 bridgehead atoms. The van der Waals surface area contributed by atoms with Crippen LogP contribution in [0.2, 0.25) is 0 Å². The molecular weight excluding hydrogens is 372 g/mol. The number of rotatable bonds is 7. The molecule has 0 saturated carbocycles. The third-order valence-corrected chi connectivity index (χ3v) is 5.48. The van der Waals surface area contributed by atoms with E-state index in [9.17, 15) is 4.79 Å². The monoisotopic (exact) mass is 394 g/mol. The van der Waals surface area contributed by atoms with Crippen molar-refractivity contribution in [1.29, 1.82) is 0 Å². The Morgan fingerprint density at radius 1 is 1.18 bits per heavy atom. The maximum Gasteiger partial charge on any atom is 0.270 e. The van der Waals surface area contributed by atoms with Crippen molar-refractivity contribution in [2.24, 2.45) is 0 Å². The number of amides is 1. The van der Waals surface area contributed by atoms with Gasteiger partial charge in [-0.25, -0.2) is 4.98 Å². The van der Waals surface area contributed by atoms with E-state index in [2.05, 4.69) is 10.3 Å². The number of nitrogens with zero attached hydrogens (tertiary/aromatic N) is 1. The Morgan fingerprint density at radius 3 is 2.82 bits per heavy atom. The maximum absolute atomic E-state index is 12.4. The highest BCUT2D eigenvalue weighted by Crippen LogP contribution is 2.32. The van der Waals surface area contributed by atoms with E-state index in [4.69, 9.17) is 9.47 Å². The van der Waals surface area contributed by atoms with Crippen LogP contribution in [0.25, 0.3) is 10.6 Å². The molecule has 1 N–H and O–H groups in total. The smallest absolute Gasteiger partial charge is 0.270 e. The van der Waals surface area contributed by atoms with Gasteiger partial charge < -0.3 is 14.8 Å². The topological polar surface area (TPSA) is 60.5 Å². The first kappa shape index (κ1) is 18.7. The van der Waals surface area contributed by atoms with Crippen molar-refractivity contribution in [2.45, 2.75) is 25.6 Å². The Bertz CT molecular complexity index is 920. The lowest BCUT2D eigenvalue weighted by Gasteiger charge is -2.10. The fourth-order valence-electron chi connectivity index (χ4n) is 3.11. The number of hydrogen-bond acceptors (Lipinski definition) is 5. The summed E-state index contributed by atoms with van der Waals surface area (Å²) in [6.07, 6.45) is 2.17. The van der Waals surface area contributed by atoms with Gasteiger partial charge in [-0.1, -0.05) is 42.5 Å². The zero-order chi connectivity index (χ0) is 19.2. The molecule has 0 radical (unpaired) electrons. The number of benzene rings is 2. The number of carbonyl (C=O) groups excluding carboxylic acids is 1. The first-order valence-corrected chi connectivity index (χ1v) is 10.3. The number of nitrogens with one attached hydrogen (secondary N) is 1. The summed E-state index contributed by atoms with van der Waals surface area (Å²) in [5, 5.41) is 5.47. The average molecular weight is 394 g/mol. The third kappa shape index (κ3) is 4.58. The highest BCUT2D eigenvalue weighted by atomic mass is 32.1. The number of para-hydroxylation sites is 1. The molecule has 1 atom stereocenters. The number of aromatic nitrogens is 1. The van der Waals surface area contributed by atoms with E-state index in [1.165, 1.54) is 11.3 Å². The standard InChI is InChI=1S/C22H22N2O3S/c25-21(23-13-17-9-6-12-26-17)19-15-28-22(24-19)18-10-4-5-11-20(18)27-14-16-7-2-1-3-8-16/h1-5,7-8,10-11,15,17H,6,9,12-14H2,(H,23,25). The summed E-state index contributed by atoms with van der Waals surface area (Å²) in [4.78, 5) is 16.9. The van der Waals surface area contributed by atoms with Crippen LogP contribution in [0.1, 0.15) is 28.9 Å². The SMILES string of the molecule is O=C(NCC1CCCO1)c1csc(-c2ccccc2OCc2ccccc2)n1. The van der Waals surface area contributed by atoms with Crippen LogP contribution in [0.3, 0.4) is 0 Å². The fraction of sp³-hybridized carbons (Fsp3) is 0.273. The summed E-state index contributed by atoms with van der Waals surface area (Å²) in [5.41, 5.74) is 2.42. The summed E-state index contributed by atoms with van der Waals surface area (Å²) in [6.45, 7) is 1.79. The van der Waals surface area contributed by atoms with E-state index in [-0.39, 0.29) is 12.0 Å². The van der Waals surface area contributed by atoms with E-state index in [0.29, 0.717) is 18.8 Å². The van der Waals surface area contributed by atoms with E-state index >= 15 is 0 Å². The Hall–Kier alpha value is -2.70. The van der Waals surface area contributed by atoms with Gasteiger partial charge in [-0.3, -0.25) is 4.79 Å². The highest BCUT2D eigenvalue weighted by molar-refractivity contribution is 7.13. The minimum atomic E-state index is -0.166. The molecule has 6 heteroatoms. The van der Waals surface area contributed by atoms with E-state index in [1.807, 2.05) is 54.6 Å². The molecule has 0 spiro atoms. The van der Waals surface area contributed by atoms with Crippen LogP contribution in [0.5, 0.6) is 5.75 Å². The number of carbonyl (C=O) groups is 1. The first-order chi connectivity index (χ1) is 13.8. The molecule has 1 aliphatic rings. The minimum absolute atomic E-state index is 0.120. The number of hydrogen-bond donors (Lipinski definition) is 1. The van der Waals surface area contributed by atoms with Crippen LogP contribution < -0.4 is 10.1 Å². The quantitative estimate of drug-likeness (QED) is 0.649. The van der Waals surface area contributed by atoms with Gasteiger partial charge in [-0.15, -0.1) is 11.3 Å². The van der Waals surface area contributed by atoms with Gasteiger partial charge in [0.05, 0.1) is 11.7 Å². The van der Waals surface area contributed by atoms with Crippen molar-refractivity contribution in [2.75, 3.05) is 13.2 Å². The third-order valence-electron chi connectivity index (χ3n) is 4.61. The molecule has 1 saturated heterocycles. The number of ether oxygens (including phenoxy) is 2. The molecule has 2 aromatic carbocycles. The van der Waals surface area contributed by atoms with Crippen LogP contribution in [0.4, 0.5) is 0 Å². The van der Waals surface area contributed by atoms with Crippen LogP contribution >= 0.6 is 11.3 Å². The van der Waals surface area contributed by atoms with Crippen LogP contribution in [-0.2, 0) is 11.3 Å². The lowest BCUT2D eigenvalue weighted by atomic mass is 10.2. The largest absolute Gasteiger partial charge is 0.488 e. The molecule has 1 fully saturated rings. The molecule has 1 amide bonds. The maximum atomic E-state index is 12.4. The van der Waals surface area contributed by atoms with Gasteiger partial charge in [0.25, 0.3) is 5.91 Å². The van der Waals surface area contributed by atoms with Crippen molar-refractivity contribution in [3.63, 3.8) is 0 Å². The van der Waals surface area contributed by atoms with Crippen LogP contribution in [0, 0.1) is 0 Å². The van der Waals surface area contributed by atoms with E-state index in [0.717, 1.165) is 41.3 Å². The molecule has 0 aliphatic carbocycles. The van der Waals surface area contributed by atoms with Crippen molar-refractivity contribution >= 4 is 17.2 Å². The lowest BCUT2D eigenvalue weighted by Crippen LogP contribution is -2.31. The summed E-state index contributed by atoms with van der Waals surface area (Å²) in [6, 6.07) is 17.8. The predicted molar refractivity (Wildman–Crippen MR) is 110 cm³/mol. The zero-order valence-corrected chi connectivity index (χ0v) is 16.3. The zero-order valence-electron chi connectivity index (χ0n) is 15.5. The fourth-order valence-corrected chi connectivity index (χ4v) is 3.94. The molecular formula is C22H22N2O3S. The van der Waals surface area contributed by atoms with Crippen molar-refractivity contribution in [3.05, 3.63) is 71.2 Å². The molecule has 3 aromatic rings. The predicted octanol–water partition coefficient (Wildman–Crippen LogP) is 4.30. The van der Waals surface area contributed by atoms with Gasteiger partial charge in [0.2, 0.25) is 0 Å². The van der Waals surface area contributed by atoms with Gasteiger partial charge in [-0.2, -0.15) is 0 Å². The number of thiazole rings is 1. The van der Waals surface area contributed by atoms with E-state index < -0.39 is 0 Å². The minimum Gasteiger partial charge on any atom is -0.488 e.